The monoisotopic (exact) mass is 295 g/mol. The van der Waals surface area contributed by atoms with Crippen LogP contribution in [0.5, 0.6) is 11.5 Å². The predicted octanol–water partition coefficient (Wildman–Crippen LogP) is 2.91. The zero-order valence-electron chi connectivity index (χ0n) is 13.0. The second-order valence-corrected chi connectivity index (χ2v) is 5.35. The molecule has 0 aliphatic rings. The second-order valence-electron chi connectivity index (χ2n) is 5.35. The fourth-order valence-electron chi connectivity index (χ4n) is 1.94. The Bertz CT molecular complexity index is 471. The number of aliphatic carboxylic acids is 1. The van der Waals surface area contributed by atoms with Crippen LogP contribution in [0.15, 0.2) is 18.2 Å². The zero-order valence-corrected chi connectivity index (χ0v) is 13.0. The first-order chi connectivity index (χ1) is 9.90. The molecule has 0 aliphatic carbocycles. The van der Waals surface area contributed by atoms with E-state index < -0.39 is 11.5 Å². The number of carboxylic acid groups (broad SMARTS) is 1. The molecule has 0 fully saturated rings. The van der Waals surface area contributed by atoms with E-state index in [9.17, 15) is 4.79 Å². The van der Waals surface area contributed by atoms with E-state index in [1.165, 1.54) is 0 Å². The Kier molecular flexibility index (Phi) is 6.49. The van der Waals surface area contributed by atoms with Gasteiger partial charge in [-0.05, 0) is 37.5 Å². The van der Waals surface area contributed by atoms with Crippen LogP contribution in [0.2, 0.25) is 0 Å². The van der Waals surface area contributed by atoms with Crippen molar-refractivity contribution < 1.29 is 19.4 Å². The Hall–Kier alpha value is -1.75. The van der Waals surface area contributed by atoms with Crippen molar-refractivity contribution in [2.75, 3.05) is 13.2 Å². The van der Waals surface area contributed by atoms with Crippen LogP contribution in [0.25, 0.3) is 0 Å². The van der Waals surface area contributed by atoms with Gasteiger partial charge in [-0.15, -0.1) is 0 Å². The van der Waals surface area contributed by atoms with Crippen LogP contribution >= 0.6 is 0 Å². The molecule has 0 bridgehead atoms. The minimum absolute atomic E-state index is 0.143. The van der Waals surface area contributed by atoms with E-state index in [0.717, 1.165) is 18.4 Å². The summed E-state index contributed by atoms with van der Waals surface area (Å²) in [6.45, 7) is 6.94. The number of hydrogen-bond acceptors (Lipinski definition) is 4. The molecule has 21 heavy (non-hydrogen) atoms. The molecule has 118 valence electrons. The molecule has 0 radical (unpaired) electrons. The highest BCUT2D eigenvalue weighted by molar-refractivity contribution is 5.69. The third-order valence-corrected chi connectivity index (χ3v) is 3.05. The zero-order chi connectivity index (χ0) is 15.9. The van der Waals surface area contributed by atoms with Crippen LogP contribution < -0.4 is 15.2 Å². The Balaban J connectivity index is 3.04. The molecule has 0 heterocycles. The number of carboxylic acids is 1. The lowest BCUT2D eigenvalue weighted by atomic mass is 9.89. The molecule has 0 amide bonds. The van der Waals surface area contributed by atoms with Gasteiger partial charge in [-0.1, -0.05) is 19.9 Å². The summed E-state index contributed by atoms with van der Waals surface area (Å²) in [5.74, 6) is 0.354. The number of benzene rings is 1. The first kappa shape index (κ1) is 17.3. The van der Waals surface area contributed by atoms with Crippen LogP contribution in [-0.2, 0) is 10.3 Å². The average molecular weight is 295 g/mol. The maximum absolute atomic E-state index is 10.9. The van der Waals surface area contributed by atoms with E-state index in [1.54, 1.807) is 25.1 Å². The SMILES string of the molecule is CCCOc1ccc(C(C)(N)CC(=O)O)cc1OCCC. The molecule has 5 heteroatoms. The van der Waals surface area contributed by atoms with Crippen LogP contribution in [0.4, 0.5) is 0 Å². The van der Waals surface area contributed by atoms with Crippen molar-refractivity contribution in [3.63, 3.8) is 0 Å². The van der Waals surface area contributed by atoms with Gasteiger partial charge in [0.25, 0.3) is 0 Å². The maximum Gasteiger partial charge on any atom is 0.305 e. The quantitative estimate of drug-likeness (QED) is 0.732. The van der Waals surface area contributed by atoms with Crippen LogP contribution in [0, 0.1) is 0 Å². The molecule has 0 saturated carbocycles. The van der Waals surface area contributed by atoms with Crippen molar-refractivity contribution in [1.29, 1.82) is 0 Å². The van der Waals surface area contributed by atoms with Gasteiger partial charge in [0, 0.05) is 5.54 Å². The van der Waals surface area contributed by atoms with Crippen molar-refractivity contribution >= 4 is 5.97 Å². The summed E-state index contributed by atoms with van der Waals surface area (Å²) < 4.78 is 11.3. The van der Waals surface area contributed by atoms with Gasteiger partial charge in [0.15, 0.2) is 11.5 Å². The smallest absolute Gasteiger partial charge is 0.305 e. The van der Waals surface area contributed by atoms with Crippen LogP contribution in [0.1, 0.15) is 45.6 Å². The standard InChI is InChI=1S/C16H25NO4/c1-4-8-20-13-7-6-12(10-14(13)21-9-5-2)16(3,17)11-15(18)19/h6-7,10H,4-5,8-9,11,17H2,1-3H3,(H,18,19). The van der Waals surface area contributed by atoms with Gasteiger partial charge in [-0.25, -0.2) is 0 Å². The van der Waals surface area contributed by atoms with Gasteiger partial charge in [-0.3, -0.25) is 4.79 Å². The fraction of sp³-hybridized carbons (Fsp3) is 0.562. The Morgan fingerprint density at radius 1 is 1.19 bits per heavy atom. The minimum atomic E-state index is -0.945. The van der Waals surface area contributed by atoms with E-state index >= 15 is 0 Å². The number of hydrogen-bond donors (Lipinski definition) is 2. The van der Waals surface area contributed by atoms with E-state index in [-0.39, 0.29) is 6.42 Å². The molecule has 0 aromatic heterocycles. The summed E-state index contributed by atoms with van der Waals surface area (Å²) in [6.07, 6.45) is 1.64. The van der Waals surface area contributed by atoms with Crippen molar-refractivity contribution in [3.05, 3.63) is 23.8 Å². The molecule has 1 aromatic rings. The molecule has 1 rings (SSSR count). The minimum Gasteiger partial charge on any atom is -0.490 e. The average Bonchev–Trinajstić information content (AvgIpc) is 2.41. The Morgan fingerprint density at radius 3 is 2.29 bits per heavy atom. The topological polar surface area (TPSA) is 81.8 Å². The van der Waals surface area contributed by atoms with Crippen molar-refractivity contribution in [1.82, 2.24) is 0 Å². The molecule has 0 spiro atoms. The third kappa shape index (κ3) is 5.27. The summed E-state index contributed by atoms with van der Waals surface area (Å²) in [7, 11) is 0. The lowest BCUT2D eigenvalue weighted by molar-refractivity contribution is -0.138. The fourth-order valence-corrected chi connectivity index (χ4v) is 1.94. The number of nitrogens with two attached hydrogens (primary N) is 1. The number of rotatable bonds is 9. The Labute approximate surface area is 126 Å². The summed E-state index contributed by atoms with van der Waals surface area (Å²) in [5, 5.41) is 8.96. The summed E-state index contributed by atoms with van der Waals surface area (Å²) >= 11 is 0. The van der Waals surface area contributed by atoms with E-state index in [4.69, 9.17) is 20.3 Å². The van der Waals surface area contributed by atoms with Gasteiger partial charge in [0.1, 0.15) is 0 Å². The Morgan fingerprint density at radius 2 is 1.76 bits per heavy atom. The van der Waals surface area contributed by atoms with E-state index in [1.807, 2.05) is 13.8 Å². The molecular formula is C16H25NO4. The first-order valence-corrected chi connectivity index (χ1v) is 7.31. The van der Waals surface area contributed by atoms with E-state index in [0.29, 0.717) is 24.7 Å². The highest BCUT2D eigenvalue weighted by atomic mass is 16.5. The lowest BCUT2D eigenvalue weighted by Gasteiger charge is -2.24. The number of carbonyl (C=O) groups is 1. The largest absolute Gasteiger partial charge is 0.490 e. The predicted molar refractivity (Wildman–Crippen MR) is 81.8 cm³/mol. The van der Waals surface area contributed by atoms with Crippen LogP contribution in [0.3, 0.4) is 0 Å². The molecule has 5 nitrogen and oxygen atoms in total. The van der Waals surface area contributed by atoms with Gasteiger partial charge in [0.05, 0.1) is 19.6 Å². The van der Waals surface area contributed by atoms with Crippen molar-refractivity contribution in [2.24, 2.45) is 5.73 Å². The first-order valence-electron chi connectivity index (χ1n) is 7.31. The molecule has 3 N–H and O–H groups in total. The van der Waals surface area contributed by atoms with Gasteiger partial charge >= 0.3 is 5.97 Å². The normalized spacial score (nSPS) is 13.5. The van der Waals surface area contributed by atoms with Crippen molar-refractivity contribution in [3.8, 4) is 11.5 Å². The molecule has 1 aromatic carbocycles. The van der Waals surface area contributed by atoms with Gasteiger partial charge in [-0.2, -0.15) is 0 Å². The van der Waals surface area contributed by atoms with Gasteiger partial charge < -0.3 is 20.3 Å². The van der Waals surface area contributed by atoms with E-state index in [2.05, 4.69) is 0 Å². The highest BCUT2D eigenvalue weighted by Gasteiger charge is 2.26. The molecule has 1 atom stereocenters. The maximum atomic E-state index is 10.9. The summed E-state index contributed by atoms with van der Waals surface area (Å²) in [4.78, 5) is 10.9. The van der Waals surface area contributed by atoms with Crippen molar-refractivity contribution in [2.45, 2.75) is 45.6 Å². The van der Waals surface area contributed by atoms with Gasteiger partial charge in [0.2, 0.25) is 0 Å². The highest BCUT2D eigenvalue weighted by Crippen LogP contribution is 2.33. The molecule has 0 aliphatic heterocycles. The molecule has 1 unspecified atom stereocenters. The molecular weight excluding hydrogens is 270 g/mol. The van der Waals surface area contributed by atoms with Crippen LogP contribution in [-0.4, -0.2) is 24.3 Å². The third-order valence-electron chi connectivity index (χ3n) is 3.05. The number of ether oxygens (including phenoxy) is 2. The summed E-state index contributed by atoms with van der Waals surface area (Å²) in [6, 6.07) is 5.37. The summed E-state index contributed by atoms with van der Waals surface area (Å²) in [5.41, 5.74) is 5.89. The lowest BCUT2D eigenvalue weighted by Crippen LogP contribution is -2.35. The second kappa shape index (κ2) is 7.88. The molecule has 0 saturated heterocycles.